The Hall–Kier alpha value is -2.13. The first-order chi connectivity index (χ1) is 10.2. The summed E-state index contributed by atoms with van der Waals surface area (Å²) in [6.45, 7) is 1.91. The van der Waals surface area contributed by atoms with E-state index in [1.165, 1.54) is 0 Å². The number of carbonyl (C=O) groups is 1. The second-order valence-electron chi connectivity index (χ2n) is 4.96. The van der Waals surface area contributed by atoms with Crippen LogP contribution < -0.4 is 4.74 Å². The van der Waals surface area contributed by atoms with Crippen molar-refractivity contribution in [2.45, 2.75) is 19.4 Å². The van der Waals surface area contributed by atoms with Gasteiger partial charge in [-0.05, 0) is 36.2 Å². The average molecular weight is 284 g/mol. The molecule has 0 spiro atoms. The van der Waals surface area contributed by atoms with Crippen molar-refractivity contribution in [3.05, 3.63) is 65.7 Å². The molecule has 2 aromatic rings. The summed E-state index contributed by atoms with van der Waals surface area (Å²) < 4.78 is 5.09. The normalized spacial score (nSPS) is 13.5. The van der Waals surface area contributed by atoms with Crippen LogP contribution in [0.25, 0.3) is 0 Å². The van der Waals surface area contributed by atoms with Gasteiger partial charge in [-0.3, -0.25) is 4.79 Å². The fourth-order valence-electron chi connectivity index (χ4n) is 2.40. The van der Waals surface area contributed by atoms with E-state index in [1.807, 2.05) is 37.3 Å². The topological polar surface area (TPSA) is 46.5 Å². The lowest BCUT2D eigenvalue weighted by atomic mass is 9.87. The molecule has 0 aromatic heterocycles. The lowest BCUT2D eigenvalue weighted by Crippen LogP contribution is -2.22. The maximum absolute atomic E-state index is 12.6. The molecule has 0 aliphatic rings. The van der Waals surface area contributed by atoms with Crippen molar-refractivity contribution in [3.8, 4) is 5.75 Å². The van der Waals surface area contributed by atoms with E-state index in [1.54, 1.807) is 31.4 Å². The van der Waals surface area contributed by atoms with Crippen LogP contribution in [0.3, 0.4) is 0 Å². The molecule has 1 N–H and O–H groups in total. The molecule has 0 aliphatic heterocycles. The summed E-state index contributed by atoms with van der Waals surface area (Å²) >= 11 is 0. The number of hydrogen-bond donors (Lipinski definition) is 1. The second-order valence-corrected chi connectivity index (χ2v) is 4.96. The standard InChI is InChI=1S/C18H20O3/c1-3-16(17(19)13-7-5-4-6-8-13)18(20)14-9-11-15(21-2)12-10-14/h4-12,16-17,19H,3H2,1-2H3/t16-,17-/m0/s1. The average Bonchev–Trinajstić information content (AvgIpc) is 2.56. The quantitative estimate of drug-likeness (QED) is 0.824. The highest BCUT2D eigenvalue weighted by Gasteiger charge is 2.27. The van der Waals surface area contributed by atoms with Gasteiger partial charge in [0.05, 0.1) is 19.1 Å². The Balaban J connectivity index is 2.21. The number of ether oxygens (including phenoxy) is 1. The molecule has 0 bridgehead atoms. The van der Waals surface area contributed by atoms with Crippen LogP contribution in [0.5, 0.6) is 5.75 Å². The van der Waals surface area contributed by atoms with Crippen LogP contribution in [0.15, 0.2) is 54.6 Å². The van der Waals surface area contributed by atoms with E-state index in [0.717, 1.165) is 5.56 Å². The maximum atomic E-state index is 12.6. The predicted molar refractivity (Wildman–Crippen MR) is 82.5 cm³/mol. The summed E-state index contributed by atoms with van der Waals surface area (Å²) in [5.74, 6) is 0.223. The van der Waals surface area contributed by atoms with Gasteiger partial charge in [0.25, 0.3) is 0 Å². The molecule has 0 radical (unpaired) electrons. The van der Waals surface area contributed by atoms with Gasteiger partial charge in [-0.2, -0.15) is 0 Å². The molecule has 0 saturated heterocycles. The van der Waals surface area contributed by atoms with Crippen LogP contribution in [-0.4, -0.2) is 18.0 Å². The number of aliphatic hydroxyl groups is 1. The molecule has 110 valence electrons. The molecule has 0 amide bonds. The van der Waals surface area contributed by atoms with Gasteiger partial charge in [0.2, 0.25) is 0 Å². The van der Waals surface area contributed by atoms with Crippen LogP contribution in [0.4, 0.5) is 0 Å². The first-order valence-corrected chi connectivity index (χ1v) is 7.08. The lowest BCUT2D eigenvalue weighted by molar-refractivity contribution is 0.0667. The van der Waals surface area contributed by atoms with Crippen LogP contribution in [-0.2, 0) is 0 Å². The first kappa shape index (κ1) is 15.3. The molecule has 0 aliphatic carbocycles. The fraction of sp³-hybridized carbons (Fsp3) is 0.278. The number of benzene rings is 2. The van der Waals surface area contributed by atoms with Crippen molar-refractivity contribution in [2.24, 2.45) is 5.92 Å². The van der Waals surface area contributed by atoms with Crippen molar-refractivity contribution in [1.82, 2.24) is 0 Å². The minimum atomic E-state index is -0.786. The van der Waals surface area contributed by atoms with E-state index >= 15 is 0 Å². The van der Waals surface area contributed by atoms with Crippen LogP contribution in [0, 0.1) is 5.92 Å². The molecular weight excluding hydrogens is 264 g/mol. The molecule has 3 nitrogen and oxygen atoms in total. The number of carbonyl (C=O) groups excluding carboxylic acids is 1. The van der Waals surface area contributed by atoms with E-state index in [4.69, 9.17) is 4.74 Å². The van der Waals surface area contributed by atoms with Gasteiger partial charge < -0.3 is 9.84 Å². The predicted octanol–water partition coefficient (Wildman–Crippen LogP) is 3.64. The number of rotatable bonds is 6. The Morgan fingerprint density at radius 3 is 2.24 bits per heavy atom. The molecule has 3 heteroatoms. The third kappa shape index (κ3) is 3.50. The molecule has 0 unspecified atom stereocenters. The minimum Gasteiger partial charge on any atom is -0.497 e. The smallest absolute Gasteiger partial charge is 0.168 e. The van der Waals surface area contributed by atoms with Gasteiger partial charge >= 0.3 is 0 Å². The molecule has 0 fully saturated rings. The third-order valence-electron chi connectivity index (χ3n) is 3.67. The number of Topliss-reactive ketones (excluding diaryl/α,β-unsaturated/α-hetero) is 1. The molecule has 2 atom stereocenters. The van der Waals surface area contributed by atoms with Gasteiger partial charge in [-0.1, -0.05) is 37.3 Å². The first-order valence-electron chi connectivity index (χ1n) is 7.08. The molecular formula is C18H20O3. The van der Waals surface area contributed by atoms with E-state index in [0.29, 0.717) is 17.7 Å². The molecule has 2 rings (SSSR count). The van der Waals surface area contributed by atoms with Crippen molar-refractivity contribution < 1.29 is 14.6 Å². The number of aliphatic hydroxyl groups excluding tert-OH is 1. The Bertz CT molecular complexity index is 575. The van der Waals surface area contributed by atoms with Crippen LogP contribution in [0.2, 0.25) is 0 Å². The van der Waals surface area contributed by atoms with Crippen LogP contribution >= 0.6 is 0 Å². The molecule has 0 saturated carbocycles. The third-order valence-corrected chi connectivity index (χ3v) is 3.67. The number of ketones is 1. The van der Waals surface area contributed by atoms with Crippen LogP contribution in [0.1, 0.15) is 35.4 Å². The van der Waals surface area contributed by atoms with E-state index in [2.05, 4.69) is 0 Å². The van der Waals surface area contributed by atoms with E-state index < -0.39 is 12.0 Å². The van der Waals surface area contributed by atoms with Crippen molar-refractivity contribution in [3.63, 3.8) is 0 Å². The minimum absolute atomic E-state index is 0.0449. The van der Waals surface area contributed by atoms with Crippen molar-refractivity contribution >= 4 is 5.78 Å². The zero-order valence-corrected chi connectivity index (χ0v) is 12.3. The summed E-state index contributed by atoms with van der Waals surface area (Å²) in [7, 11) is 1.59. The molecule has 0 heterocycles. The summed E-state index contributed by atoms with van der Waals surface area (Å²) in [6.07, 6.45) is -0.202. The summed E-state index contributed by atoms with van der Waals surface area (Å²) in [6, 6.07) is 16.3. The Morgan fingerprint density at radius 1 is 1.10 bits per heavy atom. The summed E-state index contributed by atoms with van der Waals surface area (Å²) in [4.78, 5) is 12.6. The lowest BCUT2D eigenvalue weighted by Gasteiger charge is -2.21. The molecule has 21 heavy (non-hydrogen) atoms. The maximum Gasteiger partial charge on any atom is 0.168 e. The van der Waals surface area contributed by atoms with Gasteiger partial charge in [0.1, 0.15) is 5.75 Å². The van der Waals surface area contributed by atoms with Gasteiger partial charge in [-0.15, -0.1) is 0 Å². The largest absolute Gasteiger partial charge is 0.497 e. The SMILES string of the molecule is CC[C@H](C(=O)c1ccc(OC)cc1)[C@@H](O)c1ccccc1. The molecule has 2 aromatic carbocycles. The highest BCUT2D eigenvalue weighted by atomic mass is 16.5. The van der Waals surface area contributed by atoms with E-state index in [-0.39, 0.29) is 5.78 Å². The zero-order chi connectivity index (χ0) is 15.2. The fourth-order valence-corrected chi connectivity index (χ4v) is 2.40. The zero-order valence-electron chi connectivity index (χ0n) is 12.3. The number of methoxy groups -OCH3 is 1. The summed E-state index contributed by atoms with van der Waals surface area (Å²) in [5, 5.41) is 10.5. The van der Waals surface area contributed by atoms with E-state index in [9.17, 15) is 9.90 Å². The second kappa shape index (κ2) is 7.04. The monoisotopic (exact) mass is 284 g/mol. The van der Waals surface area contributed by atoms with Gasteiger partial charge in [0.15, 0.2) is 5.78 Å². The van der Waals surface area contributed by atoms with Crippen molar-refractivity contribution in [1.29, 1.82) is 0 Å². The van der Waals surface area contributed by atoms with Crippen molar-refractivity contribution in [2.75, 3.05) is 7.11 Å². The van der Waals surface area contributed by atoms with Gasteiger partial charge in [0, 0.05) is 5.56 Å². The summed E-state index contributed by atoms with van der Waals surface area (Å²) in [5.41, 5.74) is 1.36. The Kier molecular flexibility index (Phi) is 5.12. The Morgan fingerprint density at radius 2 is 1.71 bits per heavy atom. The Labute approximate surface area is 125 Å². The van der Waals surface area contributed by atoms with Gasteiger partial charge in [-0.25, -0.2) is 0 Å². The highest BCUT2D eigenvalue weighted by Crippen LogP contribution is 2.28. The highest BCUT2D eigenvalue weighted by molar-refractivity contribution is 5.98. The number of hydrogen-bond acceptors (Lipinski definition) is 3.